The number of esters is 1. The van der Waals surface area contributed by atoms with Crippen molar-refractivity contribution in [3.8, 4) is 0 Å². The van der Waals surface area contributed by atoms with E-state index in [9.17, 15) is 29.8 Å². The first kappa shape index (κ1) is 18.9. The normalized spacial score (nSPS) is 11.5. The van der Waals surface area contributed by atoms with E-state index in [-0.39, 0.29) is 22.8 Å². The van der Waals surface area contributed by atoms with Gasteiger partial charge >= 0.3 is 17.8 Å². The number of aromatic nitrogens is 1. The molecule has 12 nitrogen and oxygen atoms in total. The molecule has 0 spiro atoms. The van der Waals surface area contributed by atoms with E-state index >= 15 is 0 Å². The zero-order chi connectivity index (χ0) is 20.4. The number of non-ortho nitro benzene ring substituents is 1. The Bertz CT molecular complexity index is 1190. The molecule has 0 N–H and O–H groups in total. The molecule has 0 bridgehead atoms. The monoisotopic (exact) mass is 406 g/mol. The molecule has 0 saturated heterocycles. The minimum absolute atomic E-state index is 0.0463. The van der Waals surface area contributed by atoms with Gasteiger partial charge in [0.15, 0.2) is 4.80 Å². The molecule has 0 radical (unpaired) electrons. The Morgan fingerprint density at radius 1 is 1.21 bits per heavy atom. The average molecular weight is 406 g/mol. The van der Waals surface area contributed by atoms with Gasteiger partial charge in [-0.1, -0.05) is 11.3 Å². The Hall–Kier alpha value is -3.87. The maximum atomic E-state index is 12.3. The van der Waals surface area contributed by atoms with Gasteiger partial charge < -0.3 is 13.7 Å². The number of thiazole rings is 1. The number of ether oxygens (including phenoxy) is 1. The lowest BCUT2D eigenvalue weighted by Gasteiger charge is -2.03. The second kappa shape index (κ2) is 7.40. The number of nitro benzene ring substituents is 1. The van der Waals surface area contributed by atoms with E-state index in [1.54, 1.807) is 0 Å². The van der Waals surface area contributed by atoms with Crippen molar-refractivity contribution in [2.24, 2.45) is 4.99 Å². The van der Waals surface area contributed by atoms with Crippen LogP contribution < -0.4 is 4.80 Å². The van der Waals surface area contributed by atoms with Gasteiger partial charge in [0.05, 0.1) is 28.3 Å². The summed E-state index contributed by atoms with van der Waals surface area (Å²) in [6, 6.07) is 6.11. The lowest BCUT2D eigenvalue weighted by molar-refractivity contribution is -0.402. The molecule has 0 fully saturated rings. The van der Waals surface area contributed by atoms with Gasteiger partial charge in [-0.15, -0.1) is 0 Å². The third kappa shape index (κ3) is 3.64. The Morgan fingerprint density at radius 3 is 2.57 bits per heavy atom. The maximum Gasteiger partial charge on any atom is 0.433 e. The lowest BCUT2D eigenvalue weighted by Crippen LogP contribution is -2.22. The highest BCUT2D eigenvalue weighted by molar-refractivity contribution is 7.16. The van der Waals surface area contributed by atoms with Crippen molar-refractivity contribution in [2.75, 3.05) is 7.11 Å². The highest BCUT2D eigenvalue weighted by Gasteiger charge is 2.19. The summed E-state index contributed by atoms with van der Waals surface area (Å²) >= 11 is 1.00. The third-order valence-corrected chi connectivity index (χ3v) is 4.63. The number of furan rings is 1. The first-order chi connectivity index (χ1) is 13.3. The number of amides is 1. The topological polar surface area (TPSA) is 160 Å². The fourth-order valence-corrected chi connectivity index (χ4v) is 3.29. The van der Waals surface area contributed by atoms with Crippen LogP contribution in [0.15, 0.2) is 39.7 Å². The molecule has 144 valence electrons. The van der Waals surface area contributed by atoms with Crippen LogP contribution in [0.1, 0.15) is 10.6 Å². The number of hydrogen-bond acceptors (Lipinski definition) is 9. The summed E-state index contributed by atoms with van der Waals surface area (Å²) in [5.74, 6) is -2.55. The van der Waals surface area contributed by atoms with Crippen molar-refractivity contribution in [2.45, 2.75) is 6.54 Å². The molecule has 0 aliphatic rings. The van der Waals surface area contributed by atoms with E-state index in [4.69, 9.17) is 4.42 Å². The number of rotatable bonds is 5. The number of fused-ring (bicyclic) bond motifs is 1. The van der Waals surface area contributed by atoms with Gasteiger partial charge in [-0.3, -0.25) is 29.8 Å². The van der Waals surface area contributed by atoms with Crippen LogP contribution in [-0.2, 0) is 16.1 Å². The van der Waals surface area contributed by atoms with E-state index in [0.29, 0.717) is 10.2 Å². The number of nitro groups is 2. The lowest BCUT2D eigenvalue weighted by atomic mass is 10.3. The minimum atomic E-state index is -0.909. The number of nitrogens with zero attached hydrogens (tertiary/aromatic N) is 4. The number of hydrogen-bond donors (Lipinski definition) is 0. The predicted molar refractivity (Wildman–Crippen MR) is 93.7 cm³/mol. The Balaban J connectivity index is 2.14. The van der Waals surface area contributed by atoms with Crippen LogP contribution in [0.25, 0.3) is 10.2 Å². The summed E-state index contributed by atoms with van der Waals surface area (Å²) in [7, 11) is 1.17. The molecule has 13 heteroatoms. The molecule has 0 aliphatic carbocycles. The van der Waals surface area contributed by atoms with Crippen LogP contribution in [0.2, 0.25) is 0 Å². The van der Waals surface area contributed by atoms with Crippen LogP contribution in [0, 0.1) is 20.2 Å². The molecular formula is C15H10N4O8S. The summed E-state index contributed by atoms with van der Waals surface area (Å²) in [6.45, 7) is -0.345. The number of methoxy groups -OCH3 is 1. The van der Waals surface area contributed by atoms with Crippen molar-refractivity contribution >= 4 is 45.0 Å². The summed E-state index contributed by atoms with van der Waals surface area (Å²) in [6.07, 6.45) is 0. The highest BCUT2D eigenvalue weighted by atomic mass is 32.1. The number of carbonyl (C=O) groups is 2. The van der Waals surface area contributed by atoms with Gasteiger partial charge in [-0.25, -0.2) is 0 Å². The molecule has 0 unspecified atom stereocenters. The fraction of sp³-hybridized carbons (Fsp3) is 0.133. The van der Waals surface area contributed by atoms with E-state index in [1.165, 1.54) is 29.9 Å². The molecule has 2 heterocycles. The minimum Gasteiger partial charge on any atom is -0.468 e. The molecule has 3 aromatic rings. The van der Waals surface area contributed by atoms with E-state index < -0.39 is 27.6 Å². The second-order valence-corrected chi connectivity index (χ2v) is 6.28. The quantitative estimate of drug-likeness (QED) is 0.353. The zero-order valence-electron chi connectivity index (χ0n) is 14.1. The number of carbonyl (C=O) groups excluding carboxylic acids is 2. The van der Waals surface area contributed by atoms with Crippen LogP contribution in [0.3, 0.4) is 0 Å². The van der Waals surface area contributed by atoms with Crippen molar-refractivity contribution in [1.82, 2.24) is 4.57 Å². The standard InChI is InChI=1S/C15H10N4O8S/c1-26-13(20)7-17-9-6-8(18(22)23)2-4-11(9)28-15(17)16-14(21)10-3-5-12(27-10)19(24)25/h2-6H,7H2,1H3. The van der Waals surface area contributed by atoms with Crippen molar-refractivity contribution in [1.29, 1.82) is 0 Å². The van der Waals surface area contributed by atoms with Crippen molar-refractivity contribution in [3.05, 3.63) is 61.1 Å². The summed E-state index contributed by atoms with van der Waals surface area (Å²) in [5, 5.41) is 21.7. The predicted octanol–water partition coefficient (Wildman–Crippen LogP) is 2.03. The van der Waals surface area contributed by atoms with Crippen molar-refractivity contribution < 1.29 is 28.6 Å². The Kier molecular flexibility index (Phi) is 5.00. The molecule has 1 aromatic carbocycles. The Labute approximate surface area is 158 Å². The third-order valence-electron chi connectivity index (χ3n) is 3.57. The van der Waals surface area contributed by atoms with Gasteiger partial charge in [0.1, 0.15) is 11.5 Å². The smallest absolute Gasteiger partial charge is 0.433 e. The van der Waals surface area contributed by atoms with Crippen LogP contribution in [0.4, 0.5) is 11.6 Å². The van der Waals surface area contributed by atoms with Gasteiger partial charge in [0.25, 0.3) is 5.69 Å². The largest absolute Gasteiger partial charge is 0.468 e. The summed E-state index contributed by atoms with van der Waals surface area (Å²) in [5.41, 5.74) is 0.102. The molecule has 0 atom stereocenters. The Morgan fingerprint density at radius 2 is 1.96 bits per heavy atom. The molecule has 1 amide bonds. The molecule has 0 saturated carbocycles. The van der Waals surface area contributed by atoms with Crippen LogP contribution in [-0.4, -0.2) is 33.4 Å². The van der Waals surface area contributed by atoms with Gasteiger partial charge in [-0.05, 0) is 12.1 Å². The molecule has 0 aliphatic heterocycles. The summed E-state index contributed by atoms with van der Waals surface area (Å²) < 4.78 is 11.3. The van der Waals surface area contributed by atoms with Gasteiger partial charge in [0.2, 0.25) is 5.76 Å². The first-order valence-electron chi connectivity index (χ1n) is 7.48. The molecule has 28 heavy (non-hydrogen) atoms. The highest BCUT2D eigenvalue weighted by Crippen LogP contribution is 2.23. The van der Waals surface area contributed by atoms with E-state index in [0.717, 1.165) is 23.5 Å². The second-order valence-electron chi connectivity index (χ2n) is 5.27. The van der Waals surface area contributed by atoms with Gasteiger partial charge in [0, 0.05) is 12.1 Å². The van der Waals surface area contributed by atoms with Crippen LogP contribution in [0.5, 0.6) is 0 Å². The van der Waals surface area contributed by atoms with Crippen LogP contribution >= 0.6 is 11.3 Å². The maximum absolute atomic E-state index is 12.3. The van der Waals surface area contributed by atoms with E-state index in [2.05, 4.69) is 9.73 Å². The SMILES string of the molecule is COC(=O)Cn1c(=NC(=O)c2ccc([N+](=O)[O-])o2)sc2ccc([N+](=O)[O-])cc21. The number of benzene rings is 1. The van der Waals surface area contributed by atoms with Crippen molar-refractivity contribution in [3.63, 3.8) is 0 Å². The molecule has 3 rings (SSSR count). The van der Waals surface area contributed by atoms with Gasteiger partial charge in [-0.2, -0.15) is 4.99 Å². The fourth-order valence-electron chi connectivity index (χ4n) is 2.29. The molecule has 2 aromatic heterocycles. The average Bonchev–Trinajstić information content (AvgIpc) is 3.27. The zero-order valence-corrected chi connectivity index (χ0v) is 14.9. The molecular weight excluding hydrogens is 396 g/mol. The van der Waals surface area contributed by atoms with E-state index in [1.807, 2.05) is 0 Å². The first-order valence-corrected chi connectivity index (χ1v) is 8.29. The summed E-state index contributed by atoms with van der Waals surface area (Å²) in [4.78, 5) is 48.2.